The molecule has 0 aromatic carbocycles. The Hall–Kier alpha value is -1.75. The number of ether oxygens (including phenoxy) is 4. The Morgan fingerprint density at radius 1 is 1.23 bits per heavy atom. The van der Waals surface area contributed by atoms with E-state index in [0.717, 1.165) is 56.1 Å². The van der Waals surface area contributed by atoms with E-state index in [1.807, 2.05) is 0 Å². The number of rotatable bonds is 9. The van der Waals surface area contributed by atoms with Crippen molar-refractivity contribution in [2.45, 2.75) is 58.0 Å². The van der Waals surface area contributed by atoms with E-state index in [9.17, 15) is 4.79 Å². The second-order valence-corrected chi connectivity index (χ2v) is 5.33. The van der Waals surface area contributed by atoms with Crippen molar-refractivity contribution in [1.82, 2.24) is 0 Å². The molecule has 2 aliphatic rings. The number of allylic oxidation sites excluding steroid dienone is 4. The van der Waals surface area contributed by atoms with Crippen LogP contribution in [0.3, 0.4) is 0 Å². The van der Waals surface area contributed by atoms with Gasteiger partial charge in [0.2, 0.25) is 6.29 Å². The van der Waals surface area contributed by atoms with Crippen molar-refractivity contribution in [3.05, 3.63) is 36.3 Å². The maximum absolute atomic E-state index is 11.1. The lowest BCUT2D eigenvalue weighted by molar-refractivity contribution is -0.195. The Morgan fingerprint density at radius 3 is 2.27 bits per heavy atom. The fourth-order valence-electron chi connectivity index (χ4n) is 2.39. The first-order valence-corrected chi connectivity index (χ1v) is 7.83. The van der Waals surface area contributed by atoms with Gasteiger partial charge in [-0.15, -0.1) is 0 Å². The maximum Gasteiger partial charge on any atom is 0.332 e. The lowest BCUT2D eigenvalue weighted by Gasteiger charge is -2.23. The SMILES string of the molecule is C=CC(=O)OC(C)OCC(OC1=CCCC1)OC1=CCCC1. The van der Waals surface area contributed by atoms with Crippen LogP contribution in [0, 0.1) is 0 Å². The van der Waals surface area contributed by atoms with E-state index in [4.69, 9.17) is 18.9 Å². The maximum atomic E-state index is 11.1. The molecule has 0 saturated carbocycles. The Labute approximate surface area is 131 Å². The number of hydrogen-bond donors (Lipinski definition) is 0. The molecule has 0 fully saturated rings. The molecule has 5 heteroatoms. The quantitative estimate of drug-likeness (QED) is 0.370. The summed E-state index contributed by atoms with van der Waals surface area (Å²) in [5.74, 6) is 1.38. The minimum Gasteiger partial charge on any atom is -0.457 e. The average molecular weight is 308 g/mol. The molecule has 0 N–H and O–H groups in total. The van der Waals surface area contributed by atoms with Gasteiger partial charge < -0.3 is 18.9 Å². The summed E-state index contributed by atoms with van der Waals surface area (Å²) in [6.45, 7) is 5.20. The van der Waals surface area contributed by atoms with Crippen molar-refractivity contribution in [3.63, 3.8) is 0 Å². The second-order valence-electron chi connectivity index (χ2n) is 5.33. The Bertz CT molecular complexity index is 426. The van der Waals surface area contributed by atoms with Crippen LogP contribution in [-0.4, -0.2) is 25.2 Å². The fraction of sp³-hybridized carbons (Fsp3) is 0.588. The minimum absolute atomic E-state index is 0.195. The summed E-state index contributed by atoms with van der Waals surface area (Å²) >= 11 is 0. The lowest BCUT2D eigenvalue weighted by atomic mass is 10.3. The molecule has 1 atom stereocenters. The van der Waals surface area contributed by atoms with Crippen molar-refractivity contribution < 1.29 is 23.7 Å². The molecular formula is C17H24O5. The van der Waals surface area contributed by atoms with Crippen molar-refractivity contribution in [3.8, 4) is 0 Å². The summed E-state index contributed by atoms with van der Waals surface area (Å²) in [7, 11) is 0. The van der Waals surface area contributed by atoms with E-state index in [1.54, 1.807) is 6.92 Å². The number of esters is 1. The Morgan fingerprint density at radius 2 is 1.82 bits per heavy atom. The first-order chi connectivity index (χ1) is 10.7. The van der Waals surface area contributed by atoms with Gasteiger partial charge in [0, 0.05) is 18.9 Å². The Balaban J connectivity index is 1.82. The molecule has 0 saturated heterocycles. The summed E-state index contributed by atoms with van der Waals surface area (Å²) in [6.07, 6.45) is 10.3. The van der Waals surface area contributed by atoms with Crippen LogP contribution in [0.25, 0.3) is 0 Å². The van der Waals surface area contributed by atoms with Crippen LogP contribution in [0.1, 0.15) is 45.4 Å². The third-order valence-electron chi connectivity index (χ3n) is 3.48. The highest BCUT2D eigenvalue weighted by Gasteiger charge is 2.20. The van der Waals surface area contributed by atoms with Gasteiger partial charge in [-0.05, 0) is 44.8 Å². The average Bonchev–Trinajstić information content (AvgIpc) is 3.18. The number of hydrogen-bond acceptors (Lipinski definition) is 5. The number of carbonyl (C=O) groups excluding carboxylic acids is 1. The predicted octanol–water partition coefficient (Wildman–Crippen LogP) is 3.57. The van der Waals surface area contributed by atoms with E-state index >= 15 is 0 Å². The standard InChI is InChI=1S/C17H24O5/c1-3-16(18)20-13(2)19-12-17(21-14-8-4-5-9-14)22-15-10-6-7-11-15/h3,8,10,13,17H,1,4-7,9,11-12H2,2H3. The zero-order valence-electron chi connectivity index (χ0n) is 13.1. The van der Waals surface area contributed by atoms with Crippen LogP contribution < -0.4 is 0 Å². The molecule has 22 heavy (non-hydrogen) atoms. The molecule has 0 aliphatic heterocycles. The Kier molecular flexibility index (Phi) is 6.52. The smallest absolute Gasteiger partial charge is 0.332 e. The molecule has 0 amide bonds. The highest BCUT2D eigenvalue weighted by atomic mass is 16.7. The molecule has 0 bridgehead atoms. The zero-order chi connectivity index (χ0) is 15.8. The normalized spacial score (nSPS) is 18.6. The van der Waals surface area contributed by atoms with Gasteiger partial charge in [-0.25, -0.2) is 4.79 Å². The topological polar surface area (TPSA) is 54.0 Å². The van der Waals surface area contributed by atoms with Crippen LogP contribution in [0.2, 0.25) is 0 Å². The summed E-state index contributed by atoms with van der Waals surface area (Å²) in [4.78, 5) is 11.1. The predicted molar refractivity (Wildman–Crippen MR) is 81.5 cm³/mol. The van der Waals surface area contributed by atoms with Crippen molar-refractivity contribution >= 4 is 5.97 Å². The van der Waals surface area contributed by atoms with Gasteiger partial charge in [-0.1, -0.05) is 6.58 Å². The third-order valence-corrected chi connectivity index (χ3v) is 3.48. The molecule has 2 rings (SSSR count). The molecule has 2 aliphatic carbocycles. The molecule has 0 aromatic rings. The van der Waals surface area contributed by atoms with E-state index < -0.39 is 18.5 Å². The van der Waals surface area contributed by atoms with Crippen LogP contribution in [0.5, 0.6) is 0 Å². The van der Waals surface area contributed by atoms with E-state index in [1.165, 1.54) is 0 Å². The molecule has 0 heterocycles. The minimum atomic E-state index is -0.671. The first-order valence-electron chi connectivity index (χ1n) is 7.83. The van der Waals surface area contributed by atoms with Crippen LogP contribution >= 0.6 is 0 Å². The van der Waals surface area contributed by atoms with E-state index in [2.05, 4.69) is 18.7 Å². The largest absolute Gasteiger partial charge is 0.457 e. The summed E-state index contributed by atoms with van der Waals surface area (Å²) in [5.41, 5.74) is 0. The van der Waals surface area contributed by atoms with E-state index in [0.29, 0.717) is 0 Å². The van der Waals surface area contributed by atoms with Gasteiger partial charge in [0.1, 0.15) is 6.61 Å². The number of carbonyl (C=O) groups is 1. The molecule has 0 radical (unpaired) electrons. The lowest BCUT2D eigenvalue weighted by Crippen LogP contribution is -2.27. The van der Waals surface area contributed by atoms with Gasteiger partial charge in [0.15, 0.2) is 0 Å². The van der Waals surface area contributed by atoms with Crippen LogP contribution in [-0.2, 0) is 23.7 Å². The third kappa shape index (κ3) is 5.56. The van der Waals surface area contributed by atoms with Gasteiger partial charge in [0.05, 0.1) is 11.5 Å². The highest BCUT2D eigenvalue weighted by molar-refractivity contribution is 5.81. The van der Waals surface area contributed by atoms with E-state index in [-0.39, 0.29) is 6.61 Å². The van der Waals surface area contributed by atoms with Crippen molar-refractivity contribution in [1.29, 1.82) is 0 Å². The summed E-state index contributed by atoms with van der Waals surface area (Å²) in [6, 6.07) is 0. The van der Waals surface area contributed by atoms with Crippen molar-refractivity contribution in [2.75, 3.05) is 6.61 Å². The highest BCUT2D eigenvalue weighted by Crippen LogP contribution is 2.25. The molecule has 5 nitrogen and oxygen atoms in total. The zero-order valence-corrected chi connectivity index (χ0v) is 13.1. The van der Waals surface area contributed by atoms with Gasteiger partial charge >= 0.3 is 5.97 Å². The summed E-state index contributed by atoms with van der Waals surface area (Å²) < 4.78 is 22.2. The molecule has 0 spiro atoms. The second kappa shape index (κ2) is 8.63. The van der Waals surface area contributed by atoms with Gasteiger partial charge in [-0.3, -0.25) is 0 Å². The molecule has 1 unspecified atom stereocenters. The van der Waals surface area contributed by atoms with Gasteiger partial charge in [-0.2, -0.15) is 0 Å². The van der Waals surface area contributed by atoms with Crippen LogP contribution in [0.4, 0.5) is 0 Å². The molecule has 0 aromatic heterocycles. The van der Waals surface area contributed by atoms with Gasteiger partial charge in [0.25, 0.3) is 6.29 Å². The summed E-state index contributed by atoms with van der Waals surface area (Å²) in [5, 5.41) is 0. The van der Waals surface area contributed by atoms with Crippen LogP contribution in [0.15, 0.2) is 36.3 Å². The van der Waals surface area contributed by atoms with Crippen molar-refractivity contribution in [2.24, 2.45) is 0 Å². The molecular weight excluding hydrogens is 284 g/mol. The fourth-order valence-corrected chi connectivity index (χ4v) is 2.39. The monoisotopic (exact) mass is 308 g/mol. The first kappa shape index (κ1) is 16.6. The molecule has 122 valence electrons.